The molecule has 124 valence electrons. The number of nitrogens with zero attached hydrogens (tertiary/aromatic N) is 2. The molecule has 0 bridgehead atoms. The molecule has 0 radical (unpaired) electrons. The standard InChI is InChI=1S/C16H21N3O2S2/c1-4-17-13(20)9(2)22-16-18-14-12(15(21)19(16)3)10-7-5-6-8-11(10)23-14/h9H,4-8H2,1-3H3,(H,17,20)/t9-/m1/s1. The van der Waals surface area contributed by atoms with Gasteiger partial charge in [0.15, 0.2) is 5.16 Å². The van der Waals surface area contributed by atoms with Gasteiger partial charge in [0.25, 0.3) is 5.56 Å². The number of thiophene rings is 1. The molecule has 1 aliphatic carbocycles. The lowest BCUT2D eigenvalue weighted by Crippen LogP contribution is -2.31. The van der Waals surface area contributed by atoms with Crippen LogP contribution in [-0.4, -0.2) is 27.3 Å². The van der Waals surface area contributed by atoms with Crippen LogP contribution >= 0.6 is 23.1 Å². The van der Waals surface area contributed by atoms with Gasteiger partial charge in [0.05, 0.1) is 10.6 Å². The molecule has 0 saturated heterocycles. The average molecular weight is 351 g/mol. The lowest BCUT2D eigenvalue weighted by atomic mass is 9.97. The number of amides is 1. The van der Waals surface area contributed by atoms with E-state index in [0.717, 1.165) is 29.5 Å². The SMILES string of the molecule is CCNC(=O)[C@@H](C)Sc1nc2sc3c(c2c(=O)n1C)CCCC3. The number of aromatic nitrogens is 2. The Morgan fingerprint density at radius 2 is 2.17 bits per heavy atom. The van der Waals surface area contributed by atoms with Gasteiger partial charge in [-0.2, -0.15) is 0 Å². The molecule has 0 fully saturated rings. The highest BCUT2D eigenvalue weighted by atomic mass is 32.2. The quantitative estimate of drug-likeness (QED) is 0.679. The number of fused-ring (bicyclic) bond motifs is 3. The number of nitrogens with one attached hydrogen (secondary N) is 1. The highest BCUT2D eigenvalue weighted by molar-refractivity contribution is 8.00. The number of aryl methyl sites for hydroxylation is 2. The van der Waals surface area contributed by atoms with Crippen molar-refractivity contribution in [1.82, 2.24) is 14.9 Å². The first-order valence-corrected chi connectivity index (χ1v) is 9.68. The third-order valence-electron chi connectivity index (χ3n) is 4.16. The van der Waals surface area contributed by atoms with Crippen LogP contribution in [0.2, 0.25) is 0 Å². The lowest BCUT2D eigenvalue weighted by molar-refractivity contribution is -0.120. The van der Waals surface area contributed by atoms with Gasteiger partial charge >= 0.3 is 0 Å². The van der Waals surface area contributed by atoms with Crippen molar-refractivity contribution >= 4 is 39.2 Å². The fourth-order valence-corrected chi connectivity index (χ4v) is 5.10. The maximum atomic E-state index is 12.8. The van der Waals surface area contributed by atoms with Crippen LogP contribution < -0.4 is 10.9 Å². The number of carbonyl (C=O) groups is 1. The third kappa shape index (κ3) is 3.04. The molecular weight excluding hydrogens is 330 g/mol. The highest BCUT2D eigenvalue weighted by Crippen LogP contribution is 2.34. The highest BCUT2D eigenvalue weighted by Gasteiger charge is 2.23. The topological polar surface area (TPSA) is 64.0 Å². The second kappa shape index (κ2) is 6.65. The number of carbonyl (C=O) groups excluding carboxylic acids is 1. The molecule has 2 aromatic rings. The molecule has 0 aromatic carbocycles. The summed E-state index contributed by atoms with van der Waals surface area (Å²) in [6, 6.07) is 0. The Balaban J connectivity index is 2.01. The molecule has 0 aliphatic heterocycles. The van der Waals surface area contributed by atoms with Gasteiger partial charge in [-0.05, 0) is 45.1 Å². The van der Waals surface area contributed by atoms with Crippen molar-refractivity contribution in [2.45, 2.75) is 49.9 Å². The monoisotopic (exact) mass is 351 g/mol. The Kier molecular flexibility index (Phi) is 4.77. The largest absolute Gasteiger partial charge is 0.355 e. The van der Waals surface area contributed by atoms with E-state index >= 15 is 0 Å². The summed E-state index contributed by atoms with van der Waals surface area (Å²) in [5.41, 5.74) is 1.22. The Bertz CT molecular complexity index is 810. The van der Waals surface area contributed by atoms with E-state index in [1.165, 1.54) is 28.6 Å². The molecule has 1 atom stereocenters. The van der Waals surface area contributed by atoms with Gasteiger partial charge < -0.3 is 5.32 Å². The minimum Gasteiger partial charge on any atom is -0.355 e. The maximum Gasteiger partial charge on any atom is 0.262 e. The van der Waals surface area contributed by atoms with Gasteiger partial charge in [0, 0.05) is 18.5 Å². The molecule has 2 aromatic heterocycles. The molecule has 1 N–H and O–H groups in total. The summed E-state index contributed by atoms with van der Waals surface area (Å²) in [6.45, 7) is 4.34. The summed E-state index contributed by atoms with van der Waals surface area (Å²) < 4.78 is 1.59. The number of hydrogen-bond donors (Lipinski definition) is 1. The smallest absolute Gasteiger partial charge is 0.262 e. The maximum absolute atomic E-state index is 12.8. The van der Waals surface area contributed by atoms with Crippen molar-refractivity contribution < 1.29 is 4.79 Å². The Morgan fingerprint density at radius 1 is 1.43 bits per heavy atom. The van der Waals surface area contributed by atoms with E-state index in [4.69, 9.17) is 0 Å². The number of hydrogen-bond acceptors (Lipinski definition) is 5. The number of thioether (sulfide) groups is 1. The molecule has 0 spiro atoms. The second-order valence-corrected chi connectivity index (χ2v) is 8.20. The first-order valence-electron chi connectivity index (χ1n) is 7.98. The molecule has 5 nitrogen and oxygen atoms in total. The predicted octanol–water partition coefficient (Wildman–Crippen LogP) is 2.49. The molecule has 3 rings (SSSR count). The van der Waals surface area contributed by atoms with Crippen LogP contribution in [-0.2, 0) is 24.7 Å². The van der Waals surface area contributed by atoms with Crippen molar-refractivity contribution in [1.29, 1.82) is 0 Å². The van der Waals surface area contributed by atoms with Crippen molar-refractivity contribution in [2.75, 3.05) is 6.54 Å². The van der Waals surface area contributed by atoms with Gasteiger partial charge in [-0.15, -0.1) is 11.3 Å². The Hall–Kier alpha value is -1.34. The zero-order chi connectivity index (χ0) is 16.6. The van der Waals surface area contributed by atoms with Crippen LogP contribution in [0.3, 0.4) is 0 Å². The van der Waals surface area contributed by atoms with E-state index < -0.39 is 0 Å². The van der Waals surface area contributed by atoms with Crippen molar-refractivity contribution in [2.24, 2.45) is 7.05 Å². The van der Waals surface area contributed by atoms with Crippen molar-refractivity contribution in [3.05, 3.63) is 20.8 Å². The van der Waals surface area contributed by atoms with E-state index in [-0.39, 0.29) is 16.7 Å². The average Bonchev–Trinajstić information content (AvgIpc) is 2.90. The molecule has 2 heterocycles. The van der Waals surface area contributed by atoms with Crippen LogP contribution in [0.25, 0.3) is 10.2 Å². The van der Waals surface area contributed by atoms with Crippen molar-refractivity contribution in [3.63, 3.8) is 0 Å². The van der Waals surface area contributed by atoms with Crippen LogP contribution in [0.15, 0.2) is 9.95 Å². The molecule has 23 heavy (non-hydrogen) atoms. The molecule has 1 amide bonds. The summed E-state index contributed by atoms with van der Waals surface area (Å²) in [4.78, 5) is 31.5. The zero-order valence-corrected chi connectivity index (χ0v) is 15.3. The Morgan fingerprint density at radius 3 is 2.91 bits per heavy atom. The summed E-state index contributed by atoms with van der Waals surface area (Å²) in [5, 5.41) is 3.93. The molecular formula is C16H21N3O2S2. The predicted molar refractivity (Wildman–Crippen MR) is 95.5 cm³/mol. The van der Waals surface area contributed by atoms with Gasteiger partial charge in [-0.1, -0.05) is 11.8 Å². The van der Waals surface area contributed by atoms with Crippen LogP contribution in [0.5, 0.6) is 0 Å². The van der Waals surface area contributed by atoms with Gasteiger partial charge in [0.2, 0.25) is 5.91 Å². The van der Waals surface area contributed by atoms with Gasteiger partial charge in [0.1, 0.15) is 4.83 Å². The van der Waals surface area contributed by atoms with E-state index in [9.17, 15) is 9.59 Å². The van der Waals surface area contributed by atoms with Gasteiger partial charge in [-0.3, -0.25) is 14.2 Å². The van der Waals surface area contributed by atoms with Crippen LogP contribution in [0.4, 0.5) is 0 Å². The van der Waals surface area contributed by atoms with Crippen molar-refractivity contribution in [3.8, 4) is 0 Å². The Labute approximate surface area is 143 Å². The molecule has 0 saturated carbocycles. The summed E-state index contributed by atoms with van der Waals surface area (Å²) in [7, 11) is 1.74. The normalized spacial score (nSPS) is 15.4. The van der Waals surface area contributed by atoms with E-state index in [1.54, 1.807) is 23.0 Å². The second-order valence-electron chi connectivity index (χ2n) is 5.80. The third-order valence-corrected chi connectivity index (χ3v) is 6.49. The summed E-state index contributed by atoms with van der Waals surface area (Å²) in [6.07, 6.45) is 4.37. The molecule has 0 unspecified atom stereocenters. The van der Waals surface area contributed by atoms with Crippen LogP contribution in [0, 0.1) is 0 Å². The lowest BCUT2D eigenvalue weighted by Gasteiger charge is -2.13. The first-order chi connectivity index (χ1) is 11.0. The summed E-state index contributed by atoms with van der Waals surface area (Å²) in [5.74, 6) is -0.0303. The first kappa shape index (κ1) is 16.5. The molecule has 1 aliphatic rings. The minimum absolute atomic E-state index is 0.0139. The zero-order valence-electron chi connectivity index (χ0n) is 13.6. The van der Waals surface area contributed by atoms with E-state index in [0.29, 0.717) is 11.7 Å². The summed E-state index contributed by atoms with van der Waals surface area (Å²) >= 11 is 2.98. The fourth-order valence-electron chi connectivity index (χ4n) is 2.90. The number of rotatable bonds is 4. The fraction of sp³-hybridized carbons (Fsp3) is 0.562. The minimum atomic E-state index is -0.278. The van der Waals surface area contributed by atoms with E-state index in [2.05, 4.69) is 10.3 Å². The van der Waals surface area contributed by atoms with Gasteiger partial charge in [-0.25, -0.2) is 4.98 Å². The van der Waals surface area contributed by atoms with E-state index in [1.807, 2.05) is 13.8 Å². The molecule has 7 heteroatoms. The van der Waals surface area contributed by atoms with Crippen LogP contribution in [0.1, 0.15) is 37.1 Å².